The Bertz CT molecular complexity index is 551. The second kappa shape index (κ2) is 4.49. The van der Waals surface area contributed by atoms with Crippen molar-refractivity contribution in [3.63, 3.8) is 0 Å². The lowest BCUT2D eigenvalue weighted by Gasteiger charge is -2.07. The van der Waals surface area contributed by atoms with Gasteiger partial charge in [-0.25, -0.2) is 0 Å². The van der Waals surface area contributed by atoms with Crippen LogP contribution in [0, 0.1) is 12.8 Å². The summed E-state index contributed by atoms with van der Waals surface area (Å²) in [4.78, 5) is 8.80. The Balaban J connectivity index is 1.92. The molecule has 1 fully saturated rings. The van der Waals surface area contributed by atoms with Crippen LogP contribution in [-0.4, -0.2) is 28.2 Å². The molecular weight excluding hydrogens is 228 g/mol. The number of rotatable bonds is 2. The van der Waals surface area contributed by atoms with Crippen molar-refractivity contribution in [1.29, 1.82) is 0 Å². The maximum Gasteiger partial charge on any atom is 0.231 e. The summed E-state index contributed by atoms with van der Waals surface area (Å²) >= 11 is 0. The molecule has 0 aromatic carbocycles. The SMILES string of the molecule is Cc1cccnc1-c1noc([C@@H]2CNC[C@H]2C)n1. The van der Waals surface area contributed by atoms with Crippen molar-refractivity contribution in [2.75, 3.05) is 13.1 Å². The lowest BCUT2D eigenvalue weighted by Crippen LogP contribution is -2.08. The maximum atomic E-state index is 5.39. The molecule has 5 nitrogen and oxygen atoms in total. The van der Waals surface area contributed by atoms with Crippen LogP contribution in [-0.2, 0) is 0 Å². The Morgan fingerprint density at radius 1 is 1.39 bits per heavy atom. The zero-order valence-corrected chi connectivity index (χ0v) is 10.6. The molecule has 2 atom stereocenters. The van der Waals surface area contributed by atoms with E-state index in [4.69, 9.17) is 4.52 Å². The number of aryl methyl sites for hydroxylation is 1. The molecule has 0 spiro atoms. The van der Waals surface area contributed by atoms with Crippen LogP contribution in [0.3, 0.4) is 0 Å². The van der Waals surface area contributed by atoms with E-state index in [2.05, 4.69) is 27.4 Å². The summed E-state index contributed by atoms with van der Waals surface area (Å²) in [6.45, 7) is 6.10. The first-order valence-electron chi connectivity index (χ1n) is 6.22. The lowest BCUT2D eigenvalue weighted by atomic mass is 9.98. The normalized spacial score (nSPS) is 23.4. The highest BCUT2D eigenvalue weighted by molar-refractivity contribution is 5.53. The van der Waals surface area contributed by atoms with Crippen molar-refractivity contribution in [2.45, 2.75) is 19.8 Å². The quantitative estimate of drug-likeness (QED) is 0.872. The highest BCUT2D eigenvalue weighted by atomic mass is 16.5. The van der Waals surface area contributed by atoms with Crippen LogP contribution < -0.4 is 5.32 Å². The van der Waals surface area contributed by atoms with Gasteiger partial charge in [0, 0.05) is 12.7 Å². The van der Waals surface area contributed by atoms with Crippen molar-refractivity contribution in [1.82, 2.24) is 20.4 Å². The second-order valence-corrected chi connectivity index (χ2v) is 4.87. The van der Waals surface area contributed by atoms with Gasteiger partial charge in [0.25, 0.3) is 0 Å². The van der Waals surface area contributed by atoms with Crippen LogP contribution in [0.15, 0.2) is 22.9 Å². The molecule has 2 aromatic rings. The lowest BCUT2D eigenvalue weighted by molar-refractivity contribution is 0.340. The number of hydrogen-bond acceptors (Lipinski definition) is 5. The van der Waals surface area contributed by atoms with Gasteiger partial charge >= 0.3 is 0 Å². The van der Waals surface area contributed by atoms with Crippen LogP contribution in [0.1, 0.15) is 24.3 Å². The molecule has 0 aliphatic carbocycles. The van der Waals surface area contributed by atoms with E-state index >= 15 is 0 Å². The zero-order valence-electron chi connectivity index (χ0n) is 10.6. The minimum Gasteiger partial charge on any atom is -0.339 e. The van der Waals surface area contributed by atoms with Gasteiger partial charge in [-0.1, -0.05) is 18.1 Å². The monoisotopic (exact) mass is 244 g/mol. The summed E-state index contributed by atoms with van der Waals surface area (Å²) in [5.74, 6) is 2.15. The largest absolute Gasteiger partial charge is 0.339 e. The average molecular weight is 244 g/mol. The van der Waals surface area contributed by atoms with Gasteiger partial charge in [-0.05, 0) is 31.0 Å². The van der Waals surface area contributed by atoms with Crippen molar-refractivity contribution < 1.29 is 4.52 Å². The Morgan fingerprint density at radius 3 is 3.00 bits per heavy atom. The standard InChI is InChI=1S/C13H16N4O/c1-8-4-3-5-15-11(8)12-16-13(18-17-12)10-7-14-6-9(10)2/h3-5,9-10,14H,6-7H2,1-2H3/t9-,10-/m1/s1. The van der Waals surface area contributed by atoms with Crippen LogP contribution in [0.5, 0.6) is 0 Å². The van der Waals surface area contributed by atoms with Gasteiger partial charge < -0.3 is 9.84 Å². The first-order chi connectivity index (χ1) is 8.75. The number of nitrogens with one attached hydrogen (secondary N) is 1. The van der Waals surface area contributed by atoms with E-state index in [1.807, 2.05) is 19.1 Å². The summed E-state index contributed by atoms with van der Waals surface area (Å²) in [6, 6.07) is 3.90. The molecule has 3 heterocycles. The van der Waals surface area contributed by atoms with Crippen LogP contribution in [0.25, 0.3) is 11.5 Å². The highest BCUT2D eigenvalue weighted by Crippen LogP contribution is 2.28. The first-order valence-corrected chi connectivity index (χ1v) is 6.22. The third-order valence-corrected chi connectivity index (χ3v) is 3.50. The van der Waals surface area contributed by atoms with Crippen LogP contribution in [0.4, 0.5) is 0 Å². The zero-order chi connectivity index (χ0) is 12.5. The Hall–Kier alpha value is -1.75. The van der Waals surface area contributed by atoms with Crippen LogP contribution >= 0.6 is 0 Å². The van der Waals surface area contributed by atoms with Gasteiger partial charge in [-0.15, -0.1) is 0 Å². The van der Waals surface area contributed by atoms with E-state index in [0.717, 1.165) is 24.3 Å². The number of hydrogen-bond donors (Lipinski definition) is 1. The molecule has 94 valence electrons. The maximum absolute atomic E-state index is 5.39. The third-order valence-electron chi connectivity index (χ3n) is 3.50. The van der Waals surface area contributed by atoms with E-state index in [1.165, 1.54) is 0 Å². The fourth-order valence-corrected chi connectivity index (χ4v) is 2.34. The van der Waals surface area contributed by atoms with Crippen molar-refractivity contribution in [2.24, 2.45) is 5.92 Å². The molecule has 0 unspecified atom stereocenters. The fraction of sp³-hybridized carbons (Fsp3) is 0.462. The predicted molar refractivity (Wildman–Crippen MR) is 67.0 cm³/mol. The second-order valence-electron chi connectivity index (χ2n) is 4.87. The fourth-order valence-electron chi connectivity index (χ4n) is 2.34. The van der Waals surface area contributed by atoms with Gasteiger partial charge in [0.2, 0.25) is 11.7 Å². The molecule has 1 aliphatic rings. The van der Waals surface area contributed by atoms with E-state index in [0.29, 0.717) is 23.6 Å². The third kappa shape index (κ3) is 1.90. The summed E-state index contributed by atoms with van der Waals surface area (Å²) in [5, 5.41) is 7.39. The van der Waals surface area contributed by atoms with E-state index in [-0.39, 0.29) is 0 Å². The van der Waals surface area contributed by atoms with E-state index < -0.39 is 0 Å². The molecule has 2 aromatic heterocycles. The molecule has 0 saturated carbocycles. The van der Waals surface area contributed by atoms with Gasteiger partial charge in [0.1, 0.15) is 5.69 Å². The van der Waals surface area contributed by atoms with Crippen molar-refractivity contribution in [3.8, 4) is 11.5 Å². The molecular formula is C13H16N4O. The van der Waals surface area contributed by atoms with Gasteiger partial charge in [0.05, 0.1) is 5.92 Å². The van der Waals surface area contributed by atoms with Gasteiger partial charge in [-0.2, -0.15) is 4.98 Å². The van der Waals surface area contributed by atoms with Crippen molar-refractivity contribution in [3.05, 3.63) is 29.8 Å². The summed E-state index contributed by atoms with van der Waals surface area (Å²) in [6.07, 6.45) is 1.75. The summed E-state index contributed by atoms with van der Waals surface area (Å²) < 4.78 is 5.39. The van der Waals surface area contributed by atoms with Gasteiger partial charge in [0.15, 0.2) is 0 Å². The topological polar surface area (TPSA) is 63.8 Å². The number of pyridine rings is 1. The minimum absolute atomic E-state index is 0.315. The molecule has 1 aliphatic heterocycles. The molecule has 5 heteroatoms. The van der Waals surface area contributed by atoms with E-state index in [1.54, 1.807) is 6.20 Å². The Kier molecular flexibility index (Phi) is 2.83. The average Bonchev–Trinajstić information content (AvgIpc) is 2.98. The smallest absolute Gasteiger partial charge is 0.231 e. The van der Waals surface area contributed by atoms with E-state index in [9.17, 15) is 0 Å². The van der Waals surface area contributed by atoms with Crippen molar-refractivity contribution >= 4 is 0 Å². The predicted octanol–water partition coefficient (Wildman–Crippen LogP) is 1.76. The molecule has 0 bridgehead atoms. The Morgan fingerprint density at radius 2 is 2.28 bits per heavy atom. The molecule has 0 radical (unpaired) electrons. The molecule has 1 N–H and O–H groups in total. The molecule has 18 heavy (non-hydrogen) atoms. The molecule has 0 amide bonds. The first kappa shape index (κ1) is 11.3. The van der Waals surface area contributed by atoms with Crippen LogP contribution in [0.2, 0.25) is 0 Å². The minimum atomic E-state index is 0.315. The summed E-state index contributed by atoms with van der Waals surface area (Å²) in [5.41, 5.74) is 1.86. The van der Waals surface area contributed by atoms with Gasteiger partial charge in [-0.3, -0.25) is 4.98 Å². The summed E-state index contributed by atoms with van der Waals surface area (Å²) in [7, 11) is 0. The number of aromatic nitrogens is 3. The highest BCUT2D eigenvalue weighted by Gasteiger charge is 2.29. The Labute approximate surface area is 106 Å². The number of nitrogens with zero attached hydrogens (tertiary/aromatic N) is 3. The molecule has 1 saturated heterocycles. The molecule has 3 rings (SSSR count).